The van der Waals surface area contributed by atoms with Crippen molar-refractivity contribution in [2.75, 3.05) is 14.2 Å². The lowest BCUT2D eigenvalue weighted by Crippen LogP contribution is -2.24. The first kappa shape index (κ1) is 15.2. The van der Waals surface area contributed by atoms with E-state index in [4.69, 9.17) is 9.47 Å². The fraction of sp³-hybridized carbons (Fsp3) is 0.647. The Hall–Kier alpha value is -1.22. The van der Waals surface area contributed by atoms with Gasteiger partial charge in [-0.25, -0.2) is 0 Å². The van der Waals surface area contributed by atoms with Crippen LogP contribution in [0.4, 0.5) is 0 Å². The van der Waals surface area contributed by atoms with E-state index < -0.39 is 6.10 Å². The molecule has 3 atom stereocenters. The summed E-state index contributed by atoms with van der Waals surface area (Å²) in [5.41, 5.74) is 0.896. The van der Waals surface area contributed by atoms with Crippen LogP contribution in [0.2, 0.25) is 0 Å². The summed E-state index contributed by atoms with van der Waals surface area (Å²) in [7, 11) is 3.27. The van der Waals surface area contributed by atoms with E-state index in [1.54, 1.807) is 14.2 Å². The highest BCUT2D eigenvalue weighted by atomic mass is 16.5. The summed E-state index contributed by atoms with van der Waals surface area (Å²) in [5, 5.41) is 10.7. The van der Waals surface area contributed by atoms with Crippen LogP contribution in [0.15, 0.2) is 18.2 Å². The molecule has 1 aromatic carbocycles. The Bertz CT molecular complexity index is 412. The van der Waals surface area contributed by atoms with Crippen LogP contribution in [0.5, 0.6) is 11.5 Å². The molecule has 3 unspecified atom stereocenters. The highest BCUT2D eigenvalue weighted by Crippen LogP contribution is 2.41. The second kappa shape index (κ2) is 6.49. The molecule has 0 amide bonds. The van der Waals surface area contributed by atoms with Crippen molar-refractivity contribution in [3.63, 3.8) is 0 Å². The summed E-state index contributed by atoms with van der Waals surface area (Å²) in [6.45, 7) is 4.56. The zero-order chi connectivity index (χ0) is 14.7. The van der Waals surface area contributed by atoms with Crippen molar-refractivity contribution < 1.29 is 14.6 Å². The van der Waals surface area contributed by atoms with Crippen molar-refractivity contribution in [1.29, 1.82) is 0 Å². The first-order valence-corrected chi connectivity index (χ1v) is 7.44. The molecule has 1 saturated carbocycles. The monoisotopic (exact) mass is 278 g/mol. The molecule has 1 N–H and O–H groups in total. The Kier molecular flexibility index (Phi) is 4.92. The molecule has 0 heterocycles. The van der Waals surface area contributed by atoms with Gasteiger partial charge in [0.15, 0.2) is 0 Å². The number of aliphatic hydroxyl groups excluding tert-OH is 1. The Labute approximate surface area is 121 Å². The molecule has 0 saturated heterocycles. The van der Waals surface area contributed by atoms with Crippen molar-refractivity contribution in [3.05, 3.63) is 23.8 Å². The largest absolute Gasteiger partial charge is 0.497 e. The van der Waals surface area contributed by atoms with Crippen LogP contribution in [0.25, 0.3) is 0 Å². The molecule has 112 valence electrons. The van der Waals surface area contributed by atoms with E-state index in [9.17, 15) is 5.11 Å². The molecule has 3 nitrogen and oxygen atoms in total. The van der Waals surface area contributed by atoms with Gasteiger partial charge in [-0.3, -0.25) is 0 Å². The molecule has 0 aromatic heterocycles. The molecule has 20 heavy (non-hydrogen) atoms. The molecular weight excluding hydrogens is 252 g/mol. The van der Waals surface area contributed by atoms with Crippen molar-refractivity contribution in [1.82, 2.24) is 0 Å². The Morgan fingerprint density at radius 3 is 1.90 bits per heavy atom. The van der Waals surface area contributed by atoms with Crippen molar-refractivity contribution in [2.24, 2.45) is 17.8 Å². The Morgan fingerprint density at radius 1 is 0.950 bits per heavy atom. The number of methoxy groups -OCH3 is 2. The van der Waals surface area contributed by atoms with Crippen LogP contribution in [-0.2, 0) is 0 Å². The second-order valence-electron chi connectivity index (χ2n) is 6.27. The summed E-state index contributed by atoms with van der Waals surface area (Å²) in [5.74, 6) is 3.16. The third-order valence-electron chi connectivity index (χ3n) is 4.38. The number of benzene rings is 1. The number of hydrogen-bond acceptors (Lipinski definition) is 3. The summed E-state index contributed by atoms with van der Waals surface area (Å²) in [6, 6.07) is 5.66. The van der Waals surface area contributed by atoms with Gasteiger partial charge in [0.1, 0.15) is 11.5 Å². The van der Waals surface area contributed by atoms with E-state index in [0.717, 1.165) is 29.9 Å². The topological polar surface area (TPSA) is 38.7 Å². The molecule has 3 heteroatoms. The maximum atomic E-state index is 10.7. The van der Waals surface area contributed by atoms with E-state index in [1.807, 2.05) is 18.2 Å². The van der Waals surface area contributed by atoms with Gasteiger partial charge in [0.25, 0.3) is 0 Å². The third-order valence-corrected chi connectivity index (χ3v) is 4.38. The van der Waals surface area contributed by atoms with Gasteiger partial charge in [-0.15, -0.1) is 0 Å². The van der Waals surface area contributed by atoms with Crippen molar-refractivity contribution in [3.8, 4) is 11.5 Å². The lowest BCUT2D eigenvalue weighted by atomic mass is 9.73. The van der Waals surface area contributed by atoms with E-state index in [2.05, 4.69) is 13.8 Å². The zero-order valence-electron chi connectivity index (χ0n) is 12.9. The first-order chi connectivity index (χ1) is 9.53. The second-order valence-corrected chi connectivity index (χ2v) is 6.27. The van der Waals surface area contributed by atoms with Gasteiger partial charge >= 0.3 is 0 Å². The van der Waals surface area contributed by atoms with Gasteiger partial charge in [-0.05, 0) is 54.7 Å². The first-order valence-electron chi connectivity index (χ1n) is 7.44. The highest BCUT2D eigenvalue weighted by molar-refractivity contribution is 5.39. The summed E-state index contributed by atoms with van der Waals surface area (Å²) in [6.07, 6.45) is 3.00. The normalized spacial score (nSPS) is 27.9. The predicted molar refractivity (Wildman–Crippen MR) is 80.2 cm³/mol. The average Bonchev–Trinajstić information content (AvgIpc) is 2.44. The quantitative estimate of drug-likeness (QED) is 0.910. The van der Waals surface area contributed by atoms with Crippen LogP contribution >= 0.6 is 0 Å². The van der Waals surface area contributed by atoms with E-state index >= 15 is 0 Å². The SMILES string of the molecule is COc1cc(OC)cc(C(O)C2CC(C)CC(C)C2)c1. The fourth-order valence-electron chi connectivity index (χ4n) is 3.54. The van der Waals surface area contributed by atoms with E-state index in [-0.39, 0.29) is 0 Å². The Morgan fingerprint density at radius 2 is 1.45 bits per heavy atom. The van der Waals surface area contributed by atoms with Gasteiger partial charge in [-0.1, -0.05) is 13.8 Å². The average molecular weight is 278 g/mol. The molecule has 1 aliphatic rings. The zero-order valence-corrected chi connectivity index (χ0v) is 12.9. The van der Waals surface area contributed by atoms with Crippen molar-refractivity contribution in [2.45, 2.75) is 39.2 Å². The Balaban J connectivity index is 2.21. The highest BCUT2D eigenvalue weighted by Gasteiger charge is 2.30. The molecular formula is C17H26O3. The summed E-state index contributed by atoms with van der Waals surface area (Å²) in [4.78, 5) is 0. The van der Waals surface area contributed by atoms with Gasteiger partial charge in [0.05, 0.1) is 20.3 Å². The third kappa shape index (κ3) is 3.45. The maximum Gasteiger partial charge on any atom is 0.122 e. The maximum absolute atomic E-state index is 10.7. The van der Waals surface area contributed by atoms with Crippen LogP contribution in [-0.4, -0.2) is 19.3 Å². The molecule has 0 spiro atoms. The molecule has 0 radical (unpaired) electrons. The van der Waals surface area contributed by atoms with Crippen LogP contribution in [0.1, 0.15) is 44.8 Å². The minimum atomic E-state index is -0.441. The fourth-order valence-corrected chi connectivity index (χ4v) is 3.54. The molecule has 1 fully saturated rings. The molecule has 2 rings (SSSR count). The van der Waals surface area contributed by atoms with Crippen LogP contribution < -0.4 is 9.47 Å². The van der Waals surface area contributed by atoms with Gasteiger partial charge < -0.3 is 14.6 Å². The predicted octanol–water partition coefficient (Wildman–Crippen LogP) is 3.81. The van der Waals surface area contributed by atoms with Crippen LogP contribution in [0.3, 0.4) is 0 Å². The molecule has 0 bridgehead atoms. The van der Waals surface area contributed by atoms with Crippen molar-refractivity contribution >= 4 is 0 Å². The lowest BCUT2D eigenvalue weighted by Gasteiger charge is -2.34. The minimum absolute atomic E-state index is 0.325. The molecule has 0 aliphatic heterocycles. The number of rotatable bonds is 4. The summed E-state index contributed by atoms with van der Waals surface area (Å²) < 4.78 is 10.6. The minimum Gasteiger partial charge on any atom is -0.497 e. The van der Waals surface area contributed by atoms with Crippen LogP contribution in [0, 0.1) is 17.8 Å². The number of aliphatic hydroxyl groups is 1. The van der Waals surface area contributed by atoms with Gasteiger partial charge in [0, 0.05) is 6.07 Å². The lowest BCUT2D eigenvalue weighted by molar-refractivity contribution is 0.0549. The molecule has 1 aliphatic carbocycles. The van der Waals surface area contributed by atoms with Gasteiger partial charge in [0.2, 0.25) is 0 Å². The van der Waals surface area contributed by atoms with E-state index in [1.165, 1.54) is 6.42 Å². The standard InChI is InChI=1S/C17H26O3/c1-11-5-12(2)7-13(6-11)17(18)14-8-15(19-3)10-16(9-14)20-4/h8-13,17-18H,5-7H2,1-4H3. The number of ether oxygens (including phenoxy) is 2. The number of hydrogen-bond donors (Lipinski definition) is 1. The smallest absolute Gasteiger partial charge is 0.122 e. The van der Waals surface area contributed by atoms with E-state index in [0.29, 0.717) is 17.8 Å². The molecule has 1 aromatic rings. The van der Waals surface area contributed by atoms with Gasteiger partial charge in [-0.2, -0.15) is 0 Å². The summed E-state index contributed by atoms with van der Waals surface area (Å²) >= 11 is 0.